The van der Waals surface area contributed by atoms with E-state index in [2.05, 4.69) is 15.0 Å². The van der Waals surface area contributed by atoms with Crippen molar-refractivity contribution < 1.29 is 4.52 Å². The predicted octanol–water partition coefficient (Wildman–Crippen LogP) is 2.99. The number of nitrogens with two attached hydrogens (primary N) is 1. The van der Waals surface area contributed by atoms with Crippen LogP contribution in [0.15, 0.2) is 4.52 Å². The summed E-state index contributed by atoms with van der Waals surface area (Å²) in [5.41, 5.74) is 6.25. The van der Waals surface area contributed by atoms with Crippen molar-refractivity contribution in [2.75, 3.05) is 19.6 Å². The third kappa shape index (κ3) is 4.04. The van der Waals surface area contributed by atoms with Gasteiger partial charge in [-0.2, -0.15) is 4.98 Å². The Morgan fingerprint density at radius 2 is 1.71 bits per heavy atom. The van der Waals surface area contributed by atoms with Gasteiger partial charge in [0.05, 0.1) is 6.04 Å². The molecule has 1 aromatic rings. The summed E-state index contributed by atoms with van der Waals surface area (Å²) in [7, 11) is 0. The highest BCUT2D eigenvalue weighted by Crippen LogP contribution is 2.30. The van der Waals surface area contributed by atoms with Gasteiger partial charge in [-0.05, 0) is 38.8 Å². The van der Waals surface area contributed by atoms with Crippen molar-refractivity contribution in [2.45, 2.75) is 69.7 Å². The standard InChI is InChI=1S/C16H28N4O/c17-14(12-20-10-6-7-11-20)15-18-16(21-19-15)13-8-4-2-1-3-5-9-13/h13-14H,1-12,17H2. The average molecular weight is 292 g/mol. The fourth-order valence-corrected chi connectivity index (χ4v) is 3.59. The van der Waals surface area contributed by atoms with E-state index in [0.717, 1.165) is 25.5 Å². The lowest BCUT2D eigenvalue weighted by Gasteiger charge is -2.17. The molecule has 1 saturated heterocycles. The average Bonchev–Trinajstić information content (AvgIpc) is 3.09. The first kappa shape index (κ1) is 15.0. The van der Waals surface area contributed by atoms with Gasteiger partial charge in [0.1, 0.15) is 0 Å². The van der Waals surface area contributed by atoms with Crippen LogP contribution >= 0.6 is 0 Å². The summed E-state index contributed by atoms with van der Waals surface area (Å²) < 4.78 is 5.53. The summed E-state index contributed by atoms with van der Waals surface area (Å²) in [6, 6.07) is -0.117. The van der Waals surface area contributed by atoms with Crippen molar-refractivity contribution in [2.24, 2.45) is 5.73 Å². The lowest BCUT2D eigenvalue weighted by molar-refractivity contribution is 0.299. The van der Waals surface area contributed by atoms with Crippen LogP contribution in [0.3, 0.4) is 0 Å². The number of hydrogen-bond donors (Lipinski definition) is 1. The van der Waals surface area contributed by atoms with E-state index in [-0.39, 0.29) is 6.04 Å². The quantitative estimate of drug-likeness (QED) is 0.924. The van der Waals surface area contributed by atoms with E-state index >= 15 is 0 Å². The Hall–Kier alpha value is -0.940. The normalized spacial score (nSPS) is 23.9. The Kier molecular flexibility index (Phi) is 5.25. The highest BCUT2D eigenvalue weighted by Gasteiger charge is 2.23. The van der Waals surface area contributed by atoms with Crippen molar-refractivity contribution in [1.29, 1.82) is 0 Å². The Balaban J connectivity index is 1.58. The zero-order chi connectivity index (χ0) is 14.5. The maximum Gasteiger partial charge on any atom is 0.229 e. The molecule has 0 amide bonds. The second-order valence-corrected chi connectivity index (χ2v) is 6.65. The van der Waals surface area contributed by atoms with Crippen molar-refractivity contribution >= 4 is 0 Å². The smallest absolute Gasteiger partial charge is 0.229 e. The Bertz CT molecular complexity index is 420. The van der Waals surface area contributed by atoms with Crippen molar-refractivity contribution in [1.82, 2.24) is 15.0 Å². The van der Waals surface area contributed by atoms with Gasteiger partial charge < -0.3 is 15.2 Å². The fraction of sp³-hybridized carbons (Fsp3) is 0.875. The molecule has 1 atom stereocenters. The molecule has 0 radical (unpaired) electrons. The first-order chi connectivity index (χ1) is 10.3. The Labute approximate surface area is 127 Å². The first-order valence-corrected chi connectivity index (χ1v) is 8.64. The largest absolute Gasteiger partial charge is 0.339 e. The maximum absolute atomic E-state index is 6.25. The maximum atomic E-state index is 6.25. The third-order valence-corrected chi connectivity index (χ3v) is 4.90. The minimum Gasteiger partial charge on any atom is -0.339 e. The van der Waals surface area contributed by atoms with Crippen LogP contribution < -0.4 is 5.73 Å². The van der Waals surface area contributed by atoms with Gasteiger partial charge in [0.25, 0.3) is 0 Å². The van der Waals surface area contributed by atoms with Gasteiger partial charge in [0.15, 0.2) is 5.82 Å². The fourth-order valence-electron chi connectivity index (χ4n) is 3.59. The number of aromatic nitrogens is 2. The van der Waals surface area contributed by atoms with Gasteiger partial charge in [-0.1, -0.05) is 37.3 Å². The number of rotatable bonds is 4. The molecule has 2 N–H and O–H groups in total. The van der Waals surface area contributed by atoms with Crippen LogP contribution in [0.5, 0.6) is 0 Å². The molecule has 5 nitrogen and oxygen atoms in total. The topological polar surface area (TPSA) is 68.2 Å². The van der Waals surface area contributed by atoms with Crippen LogP contribution in [0.2, 0.25) is 0 Å². The molecule has 5 heteroatoms. The molecule has 2 fully saturated rings. The minimum atomic E-state index is -0.117. The molecule has 21 heavy (non-hydrogen) atoms. The predicted molar refractivity (Wildman–Crippen MR) is 82.0 cm³/mol. The lowest BCUT2D eigenvalue weighted by atomic mass is 9.91. The van der Waals surface area contributed by atoms with E-state index in [1.54, 1.807) is 0 Å². The van der Waals surface area contributed by atoms with Gasteiger partial charge in [-0.3, -0.25) is 0 Å². The second kappa shape index (κ2) is 7.36. The summed E-state index contributed by atoms with van der Waals surface area (Å²) in [6.45, 7) is 3.16. The first-order valence-electron chi connectivity index (χ1n) is 8.64. The monoisotopic (exact) mass is 292 g/mol. The number of likely N-dealkylation sites (tertiary alicyclic amines) is 1. The molecule has 0 bridgehead atoms. The summed E-state index contributed by atoms with van der Waals surface area (Å²) >= 11 is 0. The molecule has 118 valence electrons. The van der Waals surface area contributed by atoms with Gasteiger partial charge in [0.2, 0.25) is 5.89 Å². The van der Waals surface area contributed by atoms with Gasteiger partial charge in [-0.15, -0.1) is 0 Å². The SMILES string of the molecule is NC(CN1CCCC1)c1noc(C2CCCCCCC2)n1. The molecule has 1 unspecified atom stereocenters. The molecule has 0 spiro atoms. The van der Waals surface area contributed by atoms with E-state index in [0.29, 0.717) is 11.7 Å². The van der Waals surface area contributed by atoms with Gasteiger partial charge >= 0.3 is 0 Å². The number of nitrogens with zero attached hydrogens (tertiary/aromatic N) is 3. The van der Waals surface area contributed by atoms with E-state index in [1.807, 2.05) is 0 Å². The highest BCUT2D eigenvalue weighted by atomic mass is 16.5. The Morgan fingerprint density at radius 3 is 2.43 bits per heavy atom. The van der Waals surface area contributed by atoms with Crippen LogP contribution in [0.25, 0.3) is 0 Å². The van der Waals surface area contributed by atoms with Crippen molar-refractivity contribution in [3.05, 3.63) is 11.7 Å². The van der Waals surface area contributed by atoms with Crippen LogP contribution in [-0.2, 0) is 0 Å². The van der Waals surface area contributed by atoms with E-state index in [9.17, 15) is 0 Å². The van der Waals surface area contributed by atoms with E-state index in [1.165, 1.54) is 57.8 Å². The minimum absolute atomic E-state index is 0.117. The zero-order valence-corrected chi connectivity index (χ0v) is 13.0. The molecular weight excluding hydrogens is 264 g/mol. The molecule has 1 aliphatic heterocycles. The molecule has 2 heterocycles. The molecule has 2 aliphatic rings. The van der Waals surface area contributed by atoms with Crippen LogP contribution in [0.4, 0.5) is 0 Å². The summed E-state index contributed by atoms with van der Waals surface area (Å²) in [5, 5.41) is 4.15. The highest BCUT2D eigenvalue weighted by molar-refractivity contribution is 4.99. The summed E-state index contributed by atoms with van der Waals surface area (Å²) in [4.78, 5) is 7.02. The van der Waals surface area contributed by atoms with Crippen LogP contribution in [-0.4, -0.2) is 34.7 Å². The van der Waals surface area contributed by atoms with E-state index < -0.39 is 0 Å². The van der Waals surface area contributed by atoms with Crippen molar-refractivity contribution in [3.8, 4) is 0 Å². The summed E-state index contributed by atoms with van der Waals surface area (Å²) in [5.74, 6) is 1.97. The summed E-state index contributed by atoms with van der Waals surface area (Å²) in [6.07, 6.45) is 11.6. The van der Waals surface area contributed by atoms with Crippen molar-refractivity contribution in [3.63, 3.8) is 0 Å². The van der Waals surface area contributed by atoms with Crippen LogP contribution in [0.1, 0.15) is 81.5 Å². The molecule has 1 saturated carbocycles. The third-order valence-electron chi connectivity index (χ3n) is 4.90. The Morgan fingerprint density at radius 1 is 1.05 bits per heavy atom. The number of hydrogen-bond acceptors (Lipinski definition) is 5. The van der Waals surface area contributed by atoms with Gasteiger partial charge in [0, 0.05) is 12.5 Å². The van der Waals surface area contributed by atoms with Crippen LogP contribution in [0, 0.1) is 0 Å². The lowest BCUT2D eigenvalue weighted by Crippen LogP contribution is -2.30. The van der Waals surface area contributed by atoms with E-state index in [4.69, 9.17) is 10.3 Å². The molecule has 0 aromatic carbocycles. The second-order valence-electron chi connectivity index (χ2n) is 6.65. The van der Waals surface area contributed by atoms with Gasteiger partial charge in [-0.25, -0.2) is 0 Å². The molecule has 1 aromatic heterocycles. The molecule has 3 rings (SSSR count). The zero-order valence-electron chi connectivity index (χ0n) is 13.0. The molecular formula is C16H28N4O. The molecule has 1 aliphatic carbocycles.